The number of para-hydroxylation sites is 2. The lowest BCUT2D eigenvalue weighted by molar-refractivity contribution is -0.136. The molecule has 0 spiro atoms. The molecule has 2 unspecified atom stereocenters. The van der Waals surface area contributed by atoms with Gasteiger partial charge in [0, 0.05) is 37.0 Å². The van der Waals surface area contributed by atoms with E-state index in [4.69, 9.17) is 4.74 Å². The Bertz CT molecular complexity index is 1010. The third kappa shape index (κ3) is 3.40. The van der Waals surface area contributed by atoms with Gasteiger partial charge in [0.15, 0.2) is 6.73 Å². The normalized spacial score (nSPS) is 24.5. The summed E-state index contributed by atoms with van der Waals surface area (Å²) < 4.78 is 32.1. The van der Waals surface area contributed by atoms with E-state index in [2.05, 4.69) is 10.6 Å². The highest BCUT2D eigenvalue weighted by atomic mass is 19.1. The van der Waals surface area contributed by atoms with Crippen LogP contribution in [0, 0.1) is 23.5 Å². The minimum Gasteiger partial charge on any atom is -0.443 e. The molecule has 2 amide bonds. The highest BCUT2D eigenvalue weighted by Gasteiger charge is 2.56. The van der Waals surface area contributed by atoms with Crippen LogP contribution >= 0.6 is 0 Å². The van der Waals surface area contributed by atoms with E-state index >= 15 is 0 Å². The summed E-state index contributed by atoms with van der Waals surface area (Å²) in [5, 5.41) is 5.83. The van der Waals surface area contributed by atoms with E-state index < -0.39 is 11.6 Å². The lowest BCUT2D eigenvalue weighted by Crippen LogP contribution is -2.37. The van der Waals surface area contributed by atoms with Crippen LogP contribution in [0.15, 0.2) is 42.5 Å². The molecule has 2 atom stereocenters. The molecule has 2 heterocycles. The fourth-order valence-electron chi connectivity index (χ4n) is 4.39. The number of benzene rings is 2. The molecule has 1 aliphatic carbocycles. The number of nitrogens with one attached hydrogen (secondary N) is 2. The zero-order chi connectivity index (χ0) is 20.8. The average molecular weight is 414 g/mol. The van der Waals surface area contributed by atoms with Gasteiger partial charge in [0.1, 0.15) is 18.2 Å². The van der Waals surface area contributed by atoms with Crippen LogP contribution in [-0.2, 0) is 9.53 Å². The van der Waals surface area contributed by atoms with Crippen molar-refractivity contribution in [1.82, 2.24) is 5.32 Å². The summed E-state index contributed by atoms with van der Waals surface area (Å²) in [5.41, 5.74) is 1.70. The number of cyclic esters (lactones) is 1. The molecule has 7 nitrogen and oxygen atoms in total. The Hall–Kier alpha value is -3.36. The van der Waals surface area contributed by atoms with Gasteiger partial charge in [0.2, 0.25) is 0 Å². The molecule has 3 aliphatic rings. The number of hydrogen-bond donors (Lipinski definition) is 2. The van der Waals surface area contributed by atoms with Gasteiger partial charge in [-0.15, -0.1) is 0 Å². The largest absolute Gasteiger partial charge is 0.443 e. The van der Waals surface area contributed by atoms with Crippen molar-refractivity contribution in [2.45, 2.75) is 6.04 Å². The van der Waals surface area contributed by atoms with Crippen molar-refractivity contribution in [3.8, 4) is 0 Å². The number of rotatable bonds is 4. The second kappa shape index (κ2) is 7.16. The summed E-state index contributed by atoms with van der Waals surface area (Å²) in [7, 11) is 0. The molecular weight excluding hydrogens is 394 g/mol. The highest BCUT2D eigenvalue weighted by Crippen LogP contribution is 2.47. The number of amides is 2. The number of ether oxygens (including phenoxy) is 1. The second-order valence-electron chi connectivity index (χ2n) is 7.81. The Morgan fingerprint density at radius 3 is 2.50 bits per heavy atom. The number of carbonyl (C=O) groups is 2. The van der Waals surface area contributed by atoms with Crippen LogP contribution in [0.3, 0.4) is 0 Å². The molecule has 1 saturated carbocycles. The molecule has 2 aromatic carbocycles. The maximum Gasteiger partial charge on any atom is 0.327 e. The molecule has 0 radical (unpaired) electrons. The van der Waals surface area contributed by atoms with Crippen LogP contribution < -0.4 is 20.4 Å². The minimum absolute atomic E-state index is 0.0219. The number of urea groups is 1. The van der Waals surface area contributed by atoms with Crippen LogP contribution in [0.1, 0.15) is 0 Å². The first kappa shape index (κ1) is 18.7. The Labute approximate surface area is 171 Å². The number of anilines is 3. The first-order valence-electron chi connectivity index (χ1n) is 9.77. The van der Waals surface area contributed by atoms with E-state index in [0.29, 0.717) is 30.2 Å². The van der Waals surface area contributed by atoms with E-state index in [1.54, 1.807) is 17.0 Å². The van der Waals surface area contributed by atoms with E-state index in [-0.39, 0.29) is 43.2 Å². The number of hydrogen-bond acceptors (Lipinski definition) is 5. The smallest absolute Gasteiger partial charge is 0.327 e. The monoisotopic (exact) mass is 414 g/mol. The molecule has 2 N–H and O–H groups in total. The summed E-state index contributed by atoms with van der Waals surface area (Å²) in [6.07, 6.45) is 0. The molecule has 2 aromatic rings. The van der Waals surface area contributed by atoms with Gasteiger partial charge in [-0.05, 0) is 24.3 Å². The van der Waals surface area contributed by atoms with Crippen molar-refractivity contribution in [1.29, 1.82) is 0 Å². The predicted octanol–water partition coefficient (Wildman–Crippen LogP) is 2.54. The van der Waals surface area contributed by atoms with Gasteiger partial charge in [-0.3, -0.25) is 4.79 Å². The molecule has 2 aliphatic heterocycles. The molecule has 0 bridgehead atoms. The van der Waals surface area contributed by atoms with Gasteiger partial charge in [-0.25, -0.2) is 13.6 Å². The summed E-state index contributed by atoms with van der Waals surface area (Å²) >= 11 is 0. The van der Waals surface area contributed by atoms with Gasteiger partial charge in [0.25, 0.3) is 0 Å². The zero-order valence-corrected chi connectivity index (χ0v) is 16.0. The van der Waals surface area contributed by atoms with E-state index in [9.17, 15) is 18.4 Å². The van der Waals surface area contributed by atoms with Gasteiger partial charge in [-0.2, -0.15) is 0 Å². The fraction of sp³-hybridized carbons (Fsp3) is 0.333. The minimum atomic E-state index is -0.595. The standard InChI is InChI=1S/C21H20F2N4O3/c22-12-5-6-17(15(23)7-12)26-8-13-14(9-26)20(13)25-21(29)24-16-3-1-2-4-18(16)27-10-19(28)30-11-27/h1-7,13-14,20H,8-11H2,(H2,24,25,29). The maximum atomic E-state index is 14.0. The second-order valence-corrected chi connectivity index (χ2v) is 7.81. The maximum absolute atomic E-state index is 14.0. The van der Waals surface area contributed by atoms with Crippen molar-refractivity contribution in [3.05, 3.63) is 54.1 Å². The van der Waals surface area contributed by atoms with E-state index in [1.807, 2.05) is 17.0 Å². The van der Waals surface area contributed by atoms with Crippen LogP contribution in [0.2, 0.25) is 0 Å². The topological polar surface area (TPSA) is 73.9 Å². The van der Waals surface area contributed by atoms with Crippen LogP contribution in [0.5, 0.6) is 0 Å². The molecule has 30 heavy (non-hydrogen) atoms. The summed E-state index contributed by atoms with van der Waals surface area (Å²) in [6, 6.07) is 10.5. The van der Waals surface area contributed by atoms with Crippen molar-refractivity contribution in [3.63, 3.8) is 0 Å². The van der Waals surface area contributed by atoms with Gasteiger partial charge < -0.3 is 25.2 Å². The Morgan fingerprint density at radius 2 is 1.80 bits per heavy atom. The number of nitrogens with zero attached hydrogens (tertiary/aromatic N) is 2. The number of fused-ring (bicyclic) bond motifs is 1. The number of carbonyl (C=O) groups excluding carboxylic acids is 2. The van der Waals surface area contributed by atoms with Crippen LogP contribution in [0.4, 0.5) is 30.6 Å². The summed E-state index contributed by atoms with van der Waals surface area (Å²) in [5.74, 6) is -0.996. The van der Waals surface area contributed by atoms with E-state index in [0.717, 1.165) is 6.07 Å². The fourth-order valence-corrected chi connectivity index (χ4v) is 4.39. The van der Waals surface area contributed by atoms with Crippen LogP contribution in [-0.4, -0.2) is 44.4 Å². The van der Waals surface area contributed by atoms with Crippen molar-refractivity contribution < 1.29 is 23.1 Å². The average Bonchev–Trinajstić information content (AvgIpc) is 3.06. The molecule has 156 valence electrons. The molecule has 5 rings (SSSR count). The third-order valence-electron chi connectivity index (χ3n) is 5.94. The third-order valence-corrected chi connectivity index (χ3v) is 5.94. The van der Waals surface area contributed by atoms with Gasteiger partial charge in [-0.1, -0.05) is 12.1 Å². The number of piperidine rings is 1. The SMILES string of the molecule is O=C(Nc1ccccc1N1COC(=O)C1)NC1C2CN(c3ccc(F)cc3F)CC21. The lowest BCUT2D eigenvalue weighted by atomic mass is 10.2. The van der Waals surface area contributed by atoms with Gasteiger partial charge in [0.05, 0.1) is 17.1 Å². The first-order valence-corrected chi connectivity index (χ1v) is 9.77. The Morgan fingerprint density at radius 1 is 1.03 bits per heavy atom. The quantitative estimate of drug-likeness (QED) is 0.753. The Balaban J connectivity index is 1.18. The highest BCUT2D eigenvalue weighted by molar-refractivity contribution is 5.94. The molecule has 2 saturated heterocycles. The number of halogens is 2. The Kier molecular flexibility index (Phi) is 4.45. The van der Waals surface area contributed by atoms with Crippen molar-refractivity contribution >= 4 is 29.1 Å². The van der Waals surface area contributed by atoms with E-state index in [1.165, 1.54) is 12.1 Å². The lowest BCUT2D eigenvalue weighted by Gasteiger charge is -2.23. The molecule has 3 fully saturated rings. The number of esters is 1. The van der Waals surface area contributed by atoms with Crippen molar-refractivity contribution in [2.75, 3.05) is 41.5 Å². The van der Waals surface area contributed by atoms with Crippen molar-refractivity contribution in [2.24, 2.45) is 11.8 Å². The zero-order valence-electron chi connectivity index (χ0n) is 16.0. The van der Waals surface area contributed by atoms with Gasteiger partial charge >= 0.3 is 12.0 Å². The van der Waals surface area contributed by atoms with Crippen LogP contribution in [0.25, 0.3) is 0 Å². The summed E-state index contributed by atoms with van der Waals surface area (Å²) in [6.45, 7) is 1.52. The summed E-state index contributed by atoms with van der Waals surface area (Å²) in [4.78, 5) is 27.5. The molecule has 9 heteroatoms. The first-order chi connectivity index (χ1) is 14.5. The molecular formula is C21H20F2N4O3. The predicted molar refractivity (Wildman–Crippen MR) is 106 cm³/mol. The molecule has 0 aromatic heterocycles.